The molecule has 3 aromatic rings. The van der Waals surface area contributed by atoms with Gasteiger partial charge in [0.2, 0.25) is 5.95 Å². The van der Waals surface area contributed by atoms with Gasteiger partial charge in [-0.25, -0.2) is 0 Å². The number of aliphatic carboxylic acids is 1. The zero-order valence-corrected chi connectivity index (χ0v) is 14.7. The molecule has 0 aliphatic carbocycles. The maximum Gasteiger partial charge on any atom is 0.325 e. The number of carbonyl (C=O) groups excluding carboxylic acids is 1. The van der Waals surface area contributed by atoms with Gasteiger partial charge in [-0.3, -0.25) is 19.4 Å². The Morgan fingerprint density at radius 2 is 1.89 bits per heavy atom. The fourth-order valence-electron chi connectivity index (χ4n) is 2.87. The van der Waals surface area contributed by atoms with E-state index in [2.05, 4.69) is 20.3 Å². The molecule has 0 spiro atoms. The minimum Gasteiger partial charge on any atom is -0.480 e. The first-order valence-electron chi connectivity index (χ1n) is 8.28. The number of anilines is 1. The molecule has 0 bridgehead atoms. The smallest absolute Gasteiger partial charge is 0.325 e. The van der Waals surface area contributed by atoms with E-state index >= 15 is 0 Å². The van der Waals surface area contributed by atoms with Gasteiger partial charge in [0.25, 0.3) is 11.5 Å². The molecule has 0 radical (unpaired) electrons. The summed E-state index contributed by atoms with van der Waals surface area (Å²) in [6.07, 6.45) is 1.71. The van der Waals surface area contributed by atoms with E-state index in [9.17, 15) is 14.4 Å². The van der Waals surface area contributed by atoms with Crippen LogP contribution in [0.15, 0.2) is 35.3 Å². The number of H-pyrrole nitrogens is 2. The van der Waals surface area contributed by atoms with E-state index in [0.717, 1.165) is 11.1 Å². The number of carboxylic acid groups (broad SMARTS) is 1. The summed E-state index contributed by atoms with van der Waals surface area (Å²) in [5.41, 5.74) is 7.65. The van der Waals surface area contributed by atoms with Crippen molar-refractivity contribution < 1.29 is 14.7 Å². The van der Waals surface area contributed by atoms with Crippen molar-refractivity contribution in [3.05, 3.63) is 57.5 Å². The third-order valence-electron chi connectivity index (χ3n) is 4.45. The maximum absolute atomic E-state index is 12.2. The fraction of sp³-hybridized carbons (Fsp3) is 0.222. The van der Waals surface area contributed by atoms with Crippen LogP contribution in [0.25, 0.3) is 11.0 Å². The zero-order valence-electron chi connectivity index (χ0n) is 14.7. The lowest BCUT2D eigenvalue weighted by Crippen LogP contribution is -2.38. The molecule has 1 aromatic carbocycles. The van der Waals surface area contributed by atoms with E-state index in [1.807, 2.05) is 6.92 Å². The van der Waals surface area contributed by atoms with Gasteiger partial charge in [0.05, 0.1) is 5.39 Å². The second-order valence-corrected chi connectivity index (χ2v) is 6.30. The molecule has 6 N–H and O–H groups in total. The van der Waals surface area contributed by atoms with Gasteiger partial charge in [0.15, 0.2) is 0 Å². The van der Waals surface area contributed by atoms with Crippen LogP contribution in [0.1, 0.15) is 41.3 Å². The minimum atomic E-state index is -1.10. The van der Waals surface area contributed by atoms with Crippen LogP contribution in [-0.2, 0) is 4.79 Å². The second-order valence-electron chi connectivity index (χ2n) is 6.30. The van der Waals surface area contributed by atoms with Crippen LogP contribution >= 0.6 is 0 Å². The predicted molar refractivity (Wildman–Crippen MR) is 99.6 cm³/mol. The van der Waals surface area contributed by atoms with Crippen LogP contribution in [0, 0.1) is 0 Å². The molecular formula is C18H19N5O4. The highest BCUT2D eigenvalue weighted by Crippen LogP contribution is 2.28. The van der Waals surface area contributed by atoms with Crippen molar-refractivity contribution in [2.75, 3.05) is 5.73 Å². The van der Waals surface area contributed by atoms with Crippen LogP contribution < -0.4 is 16.6 Å². The molecule has 3 rings (SSSR count). The number of amides is 1. The van der Waals surface area contributed by atoms with Crippen LogP contribution in [0.2, 0.25) is 0 Å². The lowest BCUT2D eigenvalue weighted by atomic mass is 9.93. The van der Waals surface area contributed by atoms with Gasteiger partial charge in [-0.1, -0.05) is 19.1 Å². The highest BCUT2D eigenvalue weighted by atomic mass is 16.4. The number of aromatic amines is 2. The van der Waals surface area contributed by atoms with Gasteiger partial charge in [-0.15, -0.1) is 0 Å². The molecule has 0 saturated carbocycles. The number of benzene rings is 1. The molecule has 140 valence electrons. The van der Waals surface area contributed by atoms with E-state index in [1.54, 1.807) is 30.5 Å². The first kappa shape index (κ1) is 18.2. The van der Waals surface area contributed by atoms with Crippen molar-refractivity contribution >= 4 is 28.9 Å². The Bertz CT molecular complexity index is 1070. The van der Waals surface area contributed by atoms with Crippen molar-refractivity contribution in [2.45, 2.75) is 25.8 Å². The molecule has 9 nitrogen and oxygen atoms in total. The average Bonchev–Trinajstić information content (AvgIpc) is 3.05. The first-order valence-corrected chi connectivity index (χ1v) is 8.28. The topological polar surface area (TPSA) is 154 Å². The Morgan fingerprint density at radius 1 is 1.22 bits per heavy atom. The van der Waals surface area contributed by atoms with Crippen LogP contribution in [0.5, 0.6) is 0 Å². The number of fused-ring (bicyclic) bond motifs is 1. The Labute approximate surface area is 153 Å². The second kappa shape index (κ2) is 6.94. The van der Waals surface area contributed by atoms with Gasteiger partial charge in [0.1, 0.15) is 11.7 Å². The van der Waals surface area contributed by atoms with Crippen LogP contribution in [0.3, 0.4) is 0 Å². The molecule has 0 aliphatic rings. The quantitative estimate of drug-likeness (QED) is 0.455. The molecular weight excluding hydrogens is 350 g/mol. The van der Waals surface area contributed by atoms with E-state index in [4.69, 9.17) is 10.8 Å². The number of carbonyl (C=O) groups is 2. The number of nitrogens with two attached hydrogens (primary N) is 1. The summed E-state index contributed by atoms with van der Waals surface area (Å²) in [6, 6.07) is 5.79. The Balaban J connectivity index is 1.86. The fourth-order valence-corrected chi connectivity index (χ4v) is 2.87. The average molecular weight is 369 g/mol. The maximum atomic E-state index is 12.2. The molecule has 2 aromatic heterocycles. The van der Waals surface area contributed by atoms with Gasteiger partial charge >= 0.3 is 5.97 Å². The molecule has 9 heteroatoms. The molecule has 1 amide bonds. The van der Waals surface area contributed by atoms with Gasteiger partial charge in [0, 0.05) is 17.7 Å². The molecule has 0 aliphatic heterocycles. The third-order valence-corrected chi connectivity index (χ3v) is 4.45. The first-order chi connectivity index (χ1) is 12.8. The standard InChI is InChI=1S/C18H19N5O4/c1-8(12-7-20-14-13(12)16(25)23-18(19)22-14)10-3-5-11(6-4-10)15(24)21-9(2)17(26)27/h3-9H,1-2H3,(H,21,24)(H,26,27)(H4,19,20,22,23,25)/t8?,9-/m0/s1. The summed E-state index contributed by atoms with van der Waals surface area (Å²) < 4.78 is 0. The molecule has 2 heterocycles. The van der Waals surface area contributed by atoms with E-state index in [-0.39, 0.29) is 17.4 Å². The monoisotopic (exact) mass is 369 g/mol. The number of nitrogens with one attached hydrogen (secondary N) is 3. The lowest BCUT2D eigenvalue weighted by molar-refractivity contribution is -0.138. The number of rotatable bonds is 5. The Kier molecular flexibility index (Phi) is 4.68. The van der Waals surface area contributed by atoms with E-state index in [1.165, 1.54) is 6.92 Å². The number of nitrogens with zero attached hydrogens (tertiary/aromatic N) is 1. The lowest BCUT2D eigenvalue weighted by Gasteiger charge is -2.13. The van der Waals surface area contributed by atoms with Crippen molar-refractivity contribution in [1.82, 2.24) is 20.3 Å². The highest BCUT2D eigenvalue weighted by Gasteiger charge is 2.19. The minimum absolute atomic E-state index is 0.0412. The number of carboxylic acids is 1. The van der Waals surface area contributed by atoms with Gasteiger partial charge in [-0.2, -0.15) is 4.98 Å². The van der Waals surface area contributed by atoms with Crippen LogP contribution in [-0.4, -0.2) is 38.0 Å². The number of aromatic nitrogens is 3. The number of hydrogen-bond donors (Lipinski definition) is 5. The molecule has 0 fully saturated rings. The van der Waals surface area contributed by atoms with Crippen LogP contribution in [0.4, 0.5) is 5.95 Å². The third kappa shape index (κ3) is 3.52. The number of hydrogen-bond acceptors (Lipinski definition) is 5. The summed E-state index contributed by atoms with van der Waals surface area (Å²) in [6.45, 7) is 3.33. The predicted octanol–water partition coefficient (Wildman–Crippen LogP) is 1.19. The van der Waals surface area contributed by atoms with Crippen molar-refractivity contribution in [2.24, 2.45) is 0 Å². The zero-order chi connectivity index (χ0) is 19.7. The normalized spacial score (nSPS) is 13.3. The van der Waals surface area contributed by atoms with Crippen molar-refractivity contribution in [1.29, 1.82) is 0 Å². The largest absolute Gasteiger partial charge is 0.480 e. The molecule has 1 unspecified atom stereocenters. The summed E-state index contributed by atoms with van der Waals surface area (Å²) >= 11 is 0. The van der Waals surface area contributed by atoms with E-state index < -0.39 is 17.9 Å². The summed E-state index contributed by atoms with van der Waals surface area (Å²) in [5.74, 6) is -1.67. The summed E-state index contributed by atoms with van der Waals surface area (Å²) in [4.78, 5) is 44.7. The molecule has 27 heavy (non-hydrogen) atoms. The van der Waals surface area contributed by atoms with Gasteiger partial charge < -0.3 is 21.1 Å². The SMILES string of the molecule is CC(c1ccc(C(=O)N[C@@H](C)C(=O)O)cc1)c1c[nH]c2nc(N)[nH]c(=O)c12. The Hall–Kier alpha value is -3.62. The highest BCUT2D eigenvalue weighted by molar-refractivity contribution is 5.96. The van der Waals surface area contributed by atoms with Gasteiger partial charge in [-0.05, 0) is 30.2 Å². The summed E-state index contributed by atoms with van der Waals surface area (Å²) in [5, 5.41) is 11.7. The number of nitrogen functional groups attached to an aromatic ring is 1. The molecule has 0 saturated heterocycles. The molecule has 2 atom stereocenters. The van der Waals surface area contributed by atoms with Crippen molar-refractivity contribution in [3.8, 4) is 0 Å². The Morgan fingerprint density at radius 3 is 2.52 bits per heavy atom. The summed E-state index contributed by atoms with van der Waals surface area (Å²) in [7, 11) is 0. The van der Waals surface area contributed by atoms with E-state index in [0.29, 0.717) is 16.6 Å². The van der Waals surface area contributed by atoms with Crippen molar-refractivity contribution in [3.63, 3.8) is 0 Å².